The molecule has 2 rings (SSSR count). The average Bonchev–Trinajstić information content (AvgIpc) is 2.43. The summed E-state index contributed by atoms with van der Waals surface area (Å²) in [6, 6.07) is 1.85. The lowest BCUT2D eigenvalue weighted by Crippen LogP contribution is -2.08. The van der Waals surface area contributed by atoms with E-state index in [0.717, 1.165) is 33.7 Å². The van der Waals surface area contributed by atoms with Crippen molar-refractivity contribution >= 4 is 0 Å². The van der Waals surface area contributed by atoms with Crippen molar-refractivity contribution in [2.75, 3.05) is 7.11 Å². The Balaban J connectivity index is 2.29. The molecule has 2 aromatic rings. The first-order valence-corrected chi connectivity index (χ1v) is 6.62. The van der Waals surface area contributed by atoms with E-state index in [1.54, 1.807) is 25.7 Å². The van der Waals surface area contributed by atoms with Gasteiger partial charge in [-0.1, -0.05) is 0 Å². The van der Waals surface area contributed by atoms with E-state index in [1.165, 1.54) is 0 Å². The molecule has 0 amide bonds. The molecule has 0 saturated carbocycles. The number of nitrogens with zero attached hydrogens (tertiary/aromatic N) is 2. The van der Waals surface area contributed by atoms with Gasteiger partial charge in [0.15, 0.2) is 0 Å². The zero-order valence-electron chi connectivity index (χ0n) is 12.3. The molecule has 0 radical (unpaired) electrons. The van der Waals surface area contributed by atoms with Crippen LogP contribution in [0.5, 0.6) is 5.75 Å². The molecule has 2 aromatic heterocycles. The summed E-state index contributed by atoms with van der Waals surface area (Å²) in [5.74, 6) is 0.841. The summed E-state index contributed by atoms with van der Waals surface area (Å²) in [6.45, 7) is 5.88. The highest BCUT2D eigenvalue weighted by atomic mass is 16.5. The molecule has 0 spiro atoms. The van der Waals surface area contributed by atoms with E-state index in [-0.39, 0.29) is 0 Å². The number of pyridine rings is 2. The first-order chi connectivity index (χ1) is 9.54. The molecule has 0 saturated heterocycles. The first-order valence-electron chi connectivity index (χ1n) is 6.62. The van der Waals surface area contributed by atoms with Gasteiger partial charge < -0.3 is 9.84 Å². The van der Waals surface area contributed by atoms with Gasteiger partial charge in [0.2, 0.25) is 0 Å². The highest BCUT2D eigenvalue weighted by molar-refractivity contribution is 5.41. The van der Waals surface area contributed by atoms with Crippen LogP contribution in [0.1, 0.15) is 34.1 Å². The molecule has 0 fully saturated rings. The zero-order valence-corrected chi connectivity index (χ0v) is 12.3. The normalized spacial score (nSPS) is 12.2. The van der Waals surface area contributed by atoms with Crippen LogP contribution in [0, 0.1) is 20.8 Å². The van der Waals surface area contributed by atoms with Crippen molar-refractivity contribution in [2.24, 2.45) is 0 Å². The minimum absolute atomic E-state index is 0.466. The van der Waals surface area contributed by atoms with Crippen LogP contribution in [0.4, 0.5) is 0 Å². The molecular weight excluding hydrogens is 252 g/mol. The smallest absolute Gasteiger partial charge is 0.128 e. The molecule has 1 N–H and O–H groups in total. The van der Waals surface area contributed by atoms with E-state index in [0.29, 0.717) is 6.42 Å². The number of aryl methyl sites for hydroxylation is 2. The summed E-state index contributed by atoms with van der Waals surface area (Å²) in [4.78, 5) is 8.47. The number of hydrogen-bond acceptors (Lipinski definition) is 4. The Kier molecular flexibility index (Phi) is 4.35. The monoisotopic (exact) mass is 272 g/mol. The number of aliphatic hydroxyl groups is 1. The maximum absolute atomic E-state index is 10.4. The minimum atomic E-state index is -0.586. The molecule has 1 atom stereocenters. The fraction of sp³-hybridized carbons (Fsp3) is 0.375. The number of rotatable bonds is 4. The second kappa shape index (κ2) is 6.01. The largest absolute Gasteiger partial charge is 0.496 e. The third-order valence-corrected chi connectivity index (χ3v) is 3.56. The molecule has 1 unspecified atom stereocenters. The van der Waals surface area contributed by atoms with Crippen LogP contribution >= 0.6 is 0 Å². The number of hydrogen-bond donors (Lipinski definition) is 1. The molecule has 4 nitrogen and oxygen atoms in total. The van der Waals surface area contributed by atoms with Crippen molar-refractivity contribution in [3.8, 4) is 5.75 Å². The summed E-state index contributed by atoms with van der Waals surface area (Å²) >= 11 is 0. The Morgan fingerprint density at radius 1 is 1.20 bits per heavy atom. The Bertz CT molecular complexity index is 611. The van der Waals surface area contributed by atoms with Gasteiger partial charge >= 0.3 is 0 Å². The molecule has 106 valence electrons. The van der Waals surface area contributed by atoms with E-state index < -0.39 is 6.10 Å². The van der Waals surface area contributed by atoms with Crippen LogP contribution in [0.25, 0.3) is 0 Å². The standard InChI is InChI=1S/C16H20N2O2/c1-10-8-17-6-5-13(10)15(19)7-14-12(3)16(20-4)11(2)9-18-14/h5-6,8-9,15,19H,7H2,1-4H3. The quantitative estimate of drug-likeness (QED) is 0.929. The highest BCUT2D eigenvalue weighted by Crippen LogP contribution is 2.27. The van der Waals surface area contributed by atoms with Crippen molar-refractivity contribution in [3.63, 3.8) is 0 Å². The van der Waals surface area contributed by atoms with Crippen molar-refractivity contribution in [3.05, 3.63) is 52.6 Å². The van der Waals surface area contributed by atoms with Gasteiger partial charge in [-0.05, 0) is 38.0 Å². The van der Waals surface area contributed by atoms with Gasteiger partial charge in [-0.3, -0.25) is 9.97 Å². The molecule has 0 aliphatic heterocycles. The Morgan fingerprint density at radius 2 is 1.95 bits per heavy atom. The molecule has 0 aliphatic carbocycles. The average molecular weight is 272 g/mol. The van der Waals surface area contributed by atoms with E-state index in [2.05, 4.69) is 9.97 Å². The van der Waals surface area contributed by atoms with Crippen molar-refractivity contribution < 1.29 is 9.84 Å². The lowest BCUT2D eigenvalue weighted by Gasteiger charge is -2.16. The second-order valence-electron chi connectivity index (χ2n) is 5.00. The third-order valence-electron chi connectivity index (χ3n) is 3.56. The van der Waals surface area contributed by atoms with Crippen LogP contribution < -0.4 is 4.74 Å². The lowest BCUT2D eigenvalue weighted by atomic mass is 9.99. The number of aliphatic hydroxyl groups excluding tert-OH is 1. The van der Waals surface area contributed by atoms with Crippen LogP contribution in [0.3, 0.4) is 0 Å². The molecular formula is C16H20N2O2. The van der Waals surface area contributed by atoms with E-state index >= 15 is 0 Å². The SMILES string of the molecule is COc1c(C)cnc(CC(O)c2ccncc2C)c1C. The van der Waals surface area contributed by atoms with Crippen LogP contribution in [0.15, 0.2) is 24.7 Å². The fourth-order valence-electron chi connectivity index (χ4n) is 2.43. The van der Waals surface area contributed by atoms with E-state index in [4.69, 9.17) is 4.74 Å². The van der Waals surface area contributed by atoms with Crippen molar-refractivity contribution in [2.45, 2.75) is 33.3 Å². The predicted octanol–water partition coefficient (Wildman–Crippen LogP) is 2.69. The van der Waals surface area contributed by atoms with Crippen molar-refractivity contribution in [1.29, 1.82) is 0 Å². The Hall–Kier alpha value is -1.94. The van der Waals surface area contributed by atoms with E-state index in [1.807, 2.05) is 26.8 Å². The summed E-state index contributed by atoms with van der Waals surface area (Å²) in [5, 5.41) is 10.4. The summed E-state index contributed by atoms with van der Waals surface area (Å²) in [5.41, 5.74) is 4.72. The van der Waals surface area contributed by atoms with Crippen LogP contribution in [0.2, 0.25) is 0 Å². The zero-order chi connectivity index (χ0) is 14.7. The van der Waals surface area contributed by atoms with Crippen LogP contribution in [-0.2, 0) is 6.42 Å². The summed E-state index contributed by atoms with van der Waals surface area (Å²) in [7, 11) is 1.66. The van der Waals surface area contributed by atoms with Gasteiger partial charge in [-0.25, -0.2) is 0 Å². The summed E-state index contributed by atoms with van der Waals surface area (Å²) < 4.78 is 5.40. The molecule has 20 heavy (non-hydrogen) atoms. The van der Waals surface area contributed by atoms with Gasteiger partial charge in [0.25, 0.3) is 0 Å². The number of ether oxygens (including phenoxy) is 1. The Labute approximate surface area is 119 Å². The second-order valence-corrected chi connectivity index (χ2v) is 5.00. The molecule has 0 bridgehead atoms. The molecule has 0 aromatic carbocycles. The molecule has 4 heteroatoms. The van der Waals surface area contributed by atoms with Crippen molar-refractivity contribution in [1.82, 2.24) is 9.97 Å². The predicted molar refractivity (Wildman–Crippen MR) is 77.9 cm³/mol. The topological polar surface area (TPSA) is 55.2 Å². The maximum atomic E-state index is 10.4. The fourth-order valence-corrected chi connectivity index (χ4v) is 2.43. The van der Waals surface area contributed by atoms with Gasteiger partial charge in [-0.15, -0.1) is 0 Å². The first kappa shape index (κ1) is 14.5. The van der Waals surface area contributed by atoms with Gasteiger partial charge in [0.1, 0.15) is 5.75 Å². The summed E-state index contributed by atoms with van der Waals surface area (Å²) in [6.07, 6.45) is 5.12. The van der Waals surface area contributed by atoms with Gasteiger partial charge in [0.05, 0.1) is 13.2 Å². The lowest BCUT2D eigenvalue weighted by molar-refractivity contribution is 0.176. The maximum Gasteiger partial charge on any atom is 0.128 e. The number of methoxy groups -OCH3 is 1. The van der Waals surface area contributed by atoms with Gasteiger partial charge in [-0.2, -0.15) is 0 Å². The molecule has 2 heterocycles. The molecule has 0 aliphatic rings. The third kappa shape index (κ3) is 2.80. The van der Waals surface area contributed by atoms with E-state index in [9.17, 15) is 5.11 Å². The Morgan fingerprint density at radius 3 is 2.60 bits per heavy atom. The number of aromatic nitrogens is 2. The van der Waals surface area contributed by atoms with Crippen LogP contribution in [-0.4, -0.2) is 22.2 Å². The minimum Gasteiger partial charge on any atom is -0.496 e. The van der Waals surface area contributed by atoms with Gasteiger partial charge in [0, 0.05) is 41.8 Å². The highest BCUT2D eigenvalue weighted by Gasteiger charge is 2.16.